The van der Waals surface area contributed by atoms with Gasteiger partial charge in [-0.1, -0.05) is 19.1 Å². The monoisotopic (exact) mass is 362 g/mol. The van der Waals surface area contributed by atoms with Crippen molar-refractivity contribution in [1.29, 1.82) is 5.26 Å². The minimum atomic E-state index is -0.584. The van der Waals surface area contributed by atoms with Crippen LogP contribution in [-0.2, 0) is 0 Å². The SMILES string of the molecule is CC[C@H](C)Nc1nc(Nc2cccc(F)c2C#N)cc(-c2ccccn2)n1. The van der Waals surface area contributed by atoms with Crippen molar-refractivity contribution >= 4 is 17.5 Å². The van der Waals surface area contributed by atoms with Crippen molar-refractivity contribution in [2.75, 3.05) is 10.6 Å². The Labute approximate surface area is 157 Å². The first-order valence-electron chi connectivity index (χ1n) is 8.63. The van der Waals surface area contributed by atoms with Crippen molar-refractivity contribution < 1.29 is 4.39 Å². The number of hydrogen-bond donors (Lipinski definition) is 2. The van der Waals surface area contributed by atoms with E-state index in [0.717, 1.165) is 6.42 Å². The van der Waals surface area contributed by atoms with Crippen LogP contribution in [0.4, 0.5) is 21.8 Å². The lowest BCUT2D eigenvalue weighted by atomic mass is 10.2. The van der Waals surface area contributed by atoms with Crippen molar-refractivity contribution in [3.63, 3.8) is 0 Å². The Morgan fingerprint density at radius 1 is 1.15 bits per heavy atom. The van der Waals surface area contributed by atoms with Crippen molar-refractivity contribution in [3.8, 4) is 17.5 Å². The van der Waals surface area contributed by atoms with E-state index in [2.05, 4.69) is 32.5 Å². The zero-order valence-corrected chi connectivity index (χ0v) is 15.1. The number of anilines is 3. The molecule has 0 saturated carbocycles. The number of nitrogens with one attached hydrogen (secondary N) is 2. The minimum absolute atomic E-state index is 0.0630. The van der Waals surface area contributed by atoms with Crippen molar-refractivity contribution in [1.82, 2.24) is 15.0 Å². The Hall–Kier alpha value is -3.53. The summed E-state index contributed by atoms with van der Waals surface area (Å²) in [6.45, 7) is 4.09. The number of aromatic nitrogens is 3. The highest BCUT2D eigenvalue weighted by Crippen LogP contribution is 2.25. The normalized spacial score (nSPS) is 11.5. The fourth-order valence-corrected chi connectivity index (χ4v) is 2.42. The lowest BCUT2D eigenvalue weighted by molar-refractivity contribution is 0.624. The lowest BCUT2D eigenvalue weighted by Crippen LogP contribution is -2.16. The van der Waals surface area contributed by atoms with Gasteiger partial charge >= 0.3 is 0 Å². The molecule has 0 unspecified atom stereocenters. The summed E-state index contributed by atoms with van der Waals surface area (Å²) in [6, 6.07) is 13.7. The summed E-state index contributed by atoms with van der Waals surface area (Å²) in [4.78, 5) is 13.3. The average Bonchev–Trinajstić information content (AvgIpc) is 2.68. The van der Waals surface area contributed by atoms with Crippen molar-refractivity contribution in [2.24, 2.45) is 0 Å². The maximum absolute atomic E-state index is 13.9. The highest BCUT2D eigenvalue weighted by atomic mass is 19.1. The molecule has 0 aliphatic carbocycles. The van der Waals surface area contributed by atoms with Crippen LogP contribution in [0.25, 0.3) is 11.4 Å². The Morgan fingerprint density at radius 3 is 2.70 bits per heavy atom. The number of hydrogen-bond acceptors (Lipinski definition) is 6. The third-order valence-corrected chi connectivity index (χ3v) is 4.03. The molecular weight excluding hydrogens is 343 g/mol. The molecule has 2 aromatic heterocycles. The van der Waals surface area contributed by atoms with E-state index in [1.165, 1.54) is 12.1 Å². The molecule has 3 rings (SSSR count). The molecule has 2 N–H and O–H groups in total. The second kappa shape index (κ2) is 8.23. The first-order valence-corrected chi connectivity index (χ1v) is 8.63. The number of pyridine rings is 1. The van der Waals surface area contributed by atoms with Crippen LogP contribution in [0.15, 0.2) is 48.7 Å². The summed E-state index contributed by atoms with van der Waals surface area (Å²) < 4.78 is 13.9. The Morgan fingerprint density at radius 2 is 2.00 bits per heavy atom. The zero-order valence-electron chi connectivity index (χ0n) is 15.1. The molecule has 3 aromatic rings. The highest BCUT2D eigenvalue weighted by Gasteiger charge is 2.12. The Kier molecular flexibility index (Phi) is 5.57. The van der Waals surface area contributed by atoms with E-state index in [9.17, 15) is 9.65 Å². The molecule has 0 radical (unpaired) electrons. The third-order valence-electron chi connectivity index (χ3n) is 4.03. The van der Waals surface area contributed by atoms with Gasteiger partial charge in [-0.3, -0.25) is 4.98 Å². The van der Waals surface area contributed by atoms with Gasteiger partial charge in [0, 0.05) is 18.3 Å². The lowest BCUT2D eigenvalue weighted by Gasteiger charge is -2.15. The molecule has 2 heterocycles. The van der Waals surface area contributed by atoms with Crippen LogP contribution in [0.5, 0.6) is 0 Å². The molecule has 7 heteroatoms. The molecule has 0 fully saturated rings. The van der Waals surface area contributed by atoms with Gasteiger partial charge in [0.1, 0.15) is 23.3 Å². The van der Waals surface area contributed by atoms with Crippen molar-refractivity contribution in [3.05, 3.63) is 60.0 Å². The van der Waals surface area contributed by atoms with Gasteiger partial charge in [-0.25, -0.2) is 9.37 Å². The number of halogens is 1. The van der Waals surface area contributed by atoms with Gasteiger partial charge in [-0.15, -0.1) is 0 Å². The summed E-state index contributed by atoms with van der Waals surface area (Å²) in [7, 11) is 0. The maximum atomic E-state index is 13.9. The zero-order chi connectivity index (χ0) is 19.2. The summed E-state index contributed by atoms with van der Waals surface area (Å²) in [6.07, 6.45) is 2.59. The van der Waals surface area contributed by atoms with E-state index in [4.69, 9.17) is 0 Å². The van der Waals surface area contributed by atoms with Crippen LogP contribution < -0.4 is 10.6 Å². The van der Waals surface area contributed by atoms with Crippen molar-refractivity contribution in [2.45, 2.75) is 26.3 Å². The predicted octanol–water partition coefficient (Wildman–Crippen LogP) is 4.50. The van der Waals surface area contributed by atoms with E-state index in [1.807, 2.05) is 31.2 Å². The van der Waals surface area contributed by atoms with Crippen LogP contribution in [0.1, 0.15) is 25.8 Å². The highest BCUT2D eigenvalue weighted by molar-refractivity contribution is 5.69. The van der Waals surface area contributed by atoms with E-state index in [0.29, 0.717) is 28.8 Å². The van der Waals surface area contributed by atoms with E-state index >= 15 is 0 Å². The number of rotatable bonds is 6. The number of benzene rings is 1. The Balaban J connectivity index is 2.03. The fraction of sp³-hybridized carbons (Fsp3) is 0.200. The molecule has 0 aliphatic rings. The van der Waals surface area contributed by atoms with Gasteiger partial charge in [-0.2, -0.15) is 10.2 Å². The molecule has 1 atom stereocenters. The smallest absolute Gasteiger partial charge is 0.225 e. The van der Waals surface area contributed by atoms with Gasteiger partial charge in [0.2, 0.25) is 5.95 Å². The minimum Gasteiger partial charge on any atom is -0.352 e. The average molecular weight is 362 g/mol. The second-order valence-electron chi connectivity index (χ2n) is 6.03. The Bertz CT molecular complexity index is 968. The first kappa shape index (κ1) is 18.3. The molecular formula is C20H19FN6. The summed E-state index contributed by atoms with van der Waals surface area (Å²) in [5.41, 5.74) is 1.59. The molecule has 1 aromatic carbocycles. The van der Waals surface area contributed by atoms with Gasteiger partial charge < -0.3 is 10.6 Å². The molecule has 0 spiro atoms. The topological polar surface area (TPSA) is 86.5 Å². The standard InChI is InChI=1S/C20H19FN6/c1-3-13(2)24-20-26-18(17-8-4-5-10-23-17)11-19(27-20)25-16-9-6-7-15(21)14(16)12-22/h4-11,13H,3H2,1-2H3,(H2,24,25,26,27)/t13-/m0/s1. The largest absolute Gasteiger partial charge is 0.352 e. The molecule has 0 saturated heterocycles. The van der Waals surface area contributed by atoms with Crippen LogP contribution in [0.2, 0.25) is 0 Å². The van der Waals surface area contributed by atoms with E-state index in [-0.39, 0.29) is 11.6 Å². The third kappa shape index (κ3) is 4.36. The van der Waals surface area contributed by atoms with Crippen LogP contribution in [0, 0.1) is 17.1 Å². The van der Waals surface area contributed by atoms with E-state index < -0.39 is 5.82 Å². The van der Waals surface area contributed by atoms with Gasteiger partial charge in [-0.05, 0) is 37.6 Å². The molecule has 0 aliphatic heterocycles. The van der Waals surface area contributed by atoms with Crippen LogP contribution in [-0.4, -0.2) is 21.0 Å². The molecule has 0 amide bonds. The summed E-state index contributed by atoms with van der Waals surface area (Å²) >= 11 is 0. The number of nitriles is 1. The molecule has 27 heavy (non-hydrogen) atoms. The molecule has 0 bridgehead atoms. The summed E-state index contributed by atoms with van der Waals surface area (Å²) in [5, 5.41) is 15.5. The second-order valence-corrected chi connectivity index (χ2v) is 6.03. The predicted molar refractivity (Wildman–Crippen MR) is 103 cm³/mol. The summed E-state index contributed by atoms with van der Waals surface area (Å²) in [5.74, 6) is 0.294. The van der Waals surface area contributed by atoms with E-state index in [1.54, 1.807) is 18.3 Å². The van der Waals surface area contributed by atoms with Gasteiger partial charge in [0.05, 0.1) is 17.1 Å². The van der Waals surface area contributed by atoms with Crippen LogP contribution >= 0.6 is 0 Å². The van der Waals surface area contributed by atoms with Gasteiger partial charge in [0.25, 0.3) is 0 Å². The van der Waals surface area contributed by atoms with Crippen LogP contribution in [0.3, 0.4) is 0 Å². The molecule has 6 nitrogen and oxygen atoms in total. The van der Waals surface area contributed by atoms with Gasteiger partial charge in [0.15, 0.2) is 0 Å². The quantitative estimate of drug-likeness (QED) is 0.671. The number of nitrogens with zero attached hydrogens (tertiary/aromatic N) is 4. The fourth-order valence-electron chi connectivity index (χ4n) is 2.42. The maximum Gasteiger partial charge on any atom is 0.225 e. The molecule has 136 valence electrons. The first-order chi connectivity index (χ1) is 13.1.